The fourth-order valence-electron chi connectivity index (χ4n) is 2.06. The maximum Gasteiger partial charge on any atom is 0.331 e. The number of anilines is 1. The van der Waals surface area contributed by atoms with Crippen molar-refractivity contribution in [1.82, 2.24) is 0 Å². The number of rotatable bonds is 6. The molecule has 0 radical (unpaired) electrons. The number of ether oxygens (including phenoxy) is 2. The lowest BCUT2D eigenvalue weighted by molar-refractivity contribution is -0.148. The molecule has 8 heteroatoms. The van der Waals surface area contributed by atoms with Crippen LogP contribution in [0.15, 0.2) is 42.5 Å². The molecule has 0 aliphatic rings. The van der Waals surface area contributed by atoms with Gasteiger partial charge < -0.3 is 14.8 Å². The van der Waals surface area contributed by atoms with Crippen LogP contribution in [0.2, 0.25) is 0 Å². The lowest BCUT2D eigenvalue weighted by atomic mass is 10.2. The third-order valence-electron chi connectivity index (χ3n) is 3.46. The minimum Gasteiger partial charge on any atom is -0.494 e. The normalized spacial score (nSPS) is 11.9. The number of hydrogen-bond acceptors (Lipinski definition) is 4. The van der Waals surface area contributed by atoms with Gasteiger partial charge in [-0.1, -0.05) is 12.1 Å². The molecule has 0 fully saturated rings. The Morgan fingerprint density at radius 3 is 2.33 bits per heavy atom. The van der Waals surface area contributed by atoms with Crippen LogP contribution >= 0.6 is 0 Å². The summed E-state index contributed by atoms with van der Waals surface area (Å²) in [6.07, 6.45) is 0.967. The molecule has 27 heavy (non-hydrogen) atoms. The molecule has 0 spiro atoms. The van der Waals surface area contributed by atoms with Crippen LogP contribution in [0.4, 0.5) is 18.9 Å². The fraction of sp³-hybridized carbons (Fsp3) is 0.158. The summed E-state index contributed by atoms with van der Waals surface area (Å²) < 4.78 is 50.3. The zero-order valence-corrected chi connectivity index (χ0v) is 14.5. The predicted molar refractivity (Wildman–Crippen MR) is 92.5 cm³/mol. The molecule has 2 aromatic carbocycles. The number of benzene rings is 2. The molecular formula is C19H16F3NO4. The maximum absolute atomic E-state index is 13.6. The van der Waals surface area contributed by atoms with E-state index in [0.29, 0.717) is 5.56 Å². The smallest absolute Gasteiger partial charge is 0.331 e. The maximum atomic E-state index is 13.6. The first kappa shape index (κ1) is 20.0. The van der Waals surface area contributed by atoms with Crippen molar-refractivity contribution in [1.29, 1.82) is 0 Å². The van der Waals surface area contributed by atoms with Crippen molar-refractivity contribution in [3.63, 3.8) is 0 Å². The predicted octanol–water partition coefficient (Wildman–Crippen LogP) is 3.70. The molecule has 2 rings (SSSR count). The van der Waals surface area contributed by atoms with Crippen molar-refractivity contribution >= 4 is 23.6 Å². The highest BCUT2D eigenvalue weighted by molar-refractivity contribution is 5.96. The first-order valence-electron chi connectivity index (χ1n) is 7.79. The molecular weight excluding hydrogens is 363 g/mol. The molecule has 0 aromatic heterocycles. The van der Waals surface area contributed by atoms with Crippen LogP contribution in [0, 0.1) is 17.5 Å². The van der Waals surface area contributed by atoms with E-state index >= 15 is 0 Å². The van der Waals surface area contributed by atoms with Crippen LogP contribution in [-0.4, -0.2) is 25.1 Å². The number of halogens is 3. The lowest BCUT2D eigenvalue weighted by Crippen LogP contribution is -2.30. The Morgan fingerprint density at radius 1 is 1.07 bits per heavy atom. The number of methoxy groups -OCH3 is 1. The van der Waals surface area contributed by atoms with Gasteiger partial charge in [0.2, 0.25) is 0 Å². The third-order valence-corrected chi connectivity index (χ3v) is 3.46. The van der Waals surface area contributed by atoms with Gasteiger partial charge in [-0.2, -0.15) is 0 Å². The Hall–Kier alpha value is -3.29. The minimum absolute atomic E-state index is 0.0559. The summed E-state index contributed by atoms with van der Waals surface area (Å²) in [5, 5.41) is 2.02. The van der Waals surface area contributed by atoms with Gasteiger partial charge in [0.05, 0.1) is 7.11 Å². The molecule has 0 bridgehead atoms. The lowest BCUT2D eigenvalue weighted by Gasteiger charge is -2.13. The van der Waals surface area contributed by atoms with Crippen LogP contribution in [-0.2, 0) is 14.3 Å². The Balaban J connectivity index is 1.96. The number of esters is 1. The third kappa shape index (κ3) is 5.34. The zero-order valence-electron chi connectivity index (χ0n) is 14.5. The highest BCUT2D eigenvalue weighted by Gasteiger charge is 2.20. The zero-order chi connectivity index (χ0) is 20.0. The van der Waals surface area contributed by atoms with Crippen LogP contribution in [0.25, 0.3) is 6.08 Å². The van der Waals surface area contributed by atoms with Crippen molar-refractivity contribution in [2.24, 2.45) is 0 Å². The summed E-state index contributed by atoms with van der Waals surface area (Å²) in [6.45, 7) is 1.24. The van der Waals surface area contributed by atoms with Crippen molar-refractivity contribution in [3.05, 3.63) is 65.5 Å². The van der Waals surface area contributed by atoms with E-state index in [-0.39, 0.29) is 5.75 Å². The van der Waals surface area contributed by atoms with E-state index in [1.54, 1.807) is 0 Å². The average molecular weight is 379 g/mol. The van der Waals surface area contributed by atoms with Gasteiger partial charge >= 0.3 is 5.97 Å². The van der Waals surface area contributed by atoms with Gasteiger partial charge in [0.1, 0.15) is 17.3 Å². The quantitative estimate of drug-likeness (QED) is 0.614. The van der Waals surface area contributed by atoms with Gasteiger partial charge in [-0.3, -0.25) is 4.79 Å². The molecule has 0 aliphatic heterocycles. The summed E-state index contributed by atoms with van der Waals surface area (Å²) >= 11 is 0. The number of nitrogens with one attached hydrogen (secondary N) is 1. The fourth-order valence-corrected chi connectivity index (χ4v) is 2.06. The Bertz CT molecular complexity index is 863. The molecule has 0 aliphatic carbocycles. The molecule has 0 unspecified atom stereocenters. The average Bonchev–Trinajstić information content (AvgIpc) is 2.63. The van der Waals surface area contributed by atoms with Gasteiger partial charge in [0.25, 0.3) is 5.91 Å². The van der Waals surface area contributed by atoms with E-state index in [9.17, 15) is 22.8 Å². The highest BCUT2D eigenvalue weighted by atomic mass is 19.1. The monoisotopic (exact) mass is 379 g/mol. The molecule has 2 aromatic rings. The first-order chi connectivity index (χ1) is 12.8. The summed E-state index contributed by atoms with van der Waals surface area (Å²) in [4.78, 5) is 23.7. The minimum atomic E-state index is -1.31. The second-order valence-corrected chi connectivity index (χ2v) is 5.39. The van der Waals surface area contributed by atoms with Gasteiger partial charge in [-0.15, -0.1) is 0 Å². The molecule has 1 amide bonds. The second-order valence-electron chi connectivity index (χ2n) is 5.39. The van der Waals surface area contributed by atoms with Crippen LogP contribution in [0.5, 0.6) is 5.75 Å². The Morgan fingerprint density at radius 2 is 1.74 bits per heavy atom. The number of para-hydroxylation sites is 1. The number of carbonyl (C=O) groups is 2. The standard InChI is InChI=1S/C19H16F3NO4/c1-11(19(25)23-18-13(20)4-3-5-14(18)21)27-17(24)9-7-12-6-8-16(26-2)15(22)10-12/h3-11H,1-2H3,(H,23,25)/b9-7+/t11-/m1/s1. The van der Waals surface area contributed by atoms with Gasteiger partial charge in [-0.05, 0) is 42.8 Å². The largest absolute Gasteiger partial charge is 0.494 e. The molecule has 0 saturated heterocycles. The topological polar surface area (TPSA) is 64.6 Å². The summed E-state index contributed by atoms with van der Waals surface area (Å²) in [7, 11) is 1.32. The van der Waals surface area contributed by atoms with Crippen molar-refractivity contribution < 1.29 is 32.2 Å². The van der Waals surface area contributed by atoms with E-state index in [2.05, 4.69) is 0 Å². The molecule has 142 valence electrons. The molecule has 0 heterocycles. The van der Waals surface area contributed by atoms with E-state index in [4.69, 9.17) is 9.47 Å². The summed E-state index contributed by atoms with van der Waals surface area (Å²) in [5.74, 6) is -4.25. The number of carbonyl (C=O) groups excluding carboxylic acids is 2. The summed E-state index contributed by atoms with van der Waals surface area (Å²) in [5.41, 5.74) is -0.259. The molecule has 5 nitrogen and oxygen atoms in total. The highest BCUT2D eigenvalue weighted by Crippen LogP contribution is 2.19. The van der Waals surface area contributed by atoms with Crippen molar-refractivity contribution in [2.75, 3.05) is 12.4 Å². The van der Waals surface area contributed by atoms with Gasteiger partial charge in [0.15, 0.2) is 17.7 Å². The van der Waals surface area contributed by atoms with E-state index < -0.39 is 41.1 Å². The number of hydrogen-bond donors (Lipinski definition) is 1. The van der Waals surface area contributed by atoms with Crippen LogP contribution < -0.4 is 10.1 Å². The van der Waals surface area contributed by atoms with Crippen LogP contribution in [0.3, 0.4) is 0 Å². The first-order valence-corrected chi connectivity index (χ1v) is 7.79. The van der Waals surface area contributed by atoms with E-state index in [1.165, 1.54) is 32.2 Å². The number of amides is 1. The molecule has 1 N–H and O–H groups in total. The van der Waals surface area contributed by atoms with Crippen LogP contribution in [0.1, 0.15) is 12.5 Å². The van der Waals surface area contributed by atoms with Gasteiger partial charge in [-0.25, -0.2) is 18.0 Å². The summed E-state index contributed by atoms with van der Waals surface area (Å²) in [6, 6.07) is 7.16. The Labute approximate surface area is 153 Å². The van der Waals surface area contributed by atoms with Crippen molar-refractivity contribution in [2.45, 2.75) is 13.0 Å². The van der Waals surface area contributed by atoms with Gasteiger partial charge in [0, 0.05) is 6.08 Å². The molecule has 1 atom stereocenters. The van der Waals surface area contributed by atoms with Crippen molar-refractivity contribution in [3.8, 4) is 5.75 Å². The Kier molecular flexibility index (Phi) is 6.59. The second kappa shape index (κ2) is 8.88. The van der Waals surface area contributed by atoms with E-state index in [1.807, 2.05) is 5.32 Å². The van der Waals surface area contributed by atoms with E-state index in [0.717, 1.165) is 30.3 Å². The molecule has 0 saturated carbocycles. The SMILES string of the molecule is COc1ccc(/C=C/C(=O)O[C@H](C)C(=O)Nc2c(F)cccc2F)cc1F.